The fraction of sp³-hybridized carbons (Fsp3) is 0.235. The highest BCUT2D eigenvalue weighted by Gasteiger charge is 2.38. The summed E-state index contributed by atoms with van der Waals surface area (Å²) in [6.07, 6.45) is 0. The van der Waals surface area contributed by atoms with E-state index >= 15 is 0 Å². The van der Waals surface area contributed by atoms with Gasteiger partial charge in [-0.1, -0.05) is 36.4 Å². The van der Waals surface area contributed by atoms with Crippen molar-refractivity contribution in [2.75, 3.05) is 12.4 Å². The number of nitrogens with one attached hydrogen (secondary N) is 1. The monoisotopic (exact) mass is 287 g/mol. The minimum Gasteiger partial charge on any atom is -0.467 e. The number of hydrogen-bond donors (Lipinski definition) is 1. The van der Waals surface area contributed by atoms with Gasteiger partial charge < -0.3 is 10.1 Å². The summed E-state index contributed by atoms with van der Waals surface area (Å²) in [5, 5.41) is 2.98. The average Bonchev–Trinajstić information content (AvgIpc) is 2.49. The van der Waals surface area contributed by atoms with Crippen molar-refractivity contribution in [3.05, 3.63) is 65.5 Å². The van der Waals surface area contributed by atoms with E-state index in [0.717, 1.165) is 11.1 Å². The van der Waals surface area contributed by atoms with E-state index < -0.39 is 17.3 Å². The van der Waals surface area contributed by atoms with Crippen LogP contribution in [-0.2, 0) is 15.1 Å². The first-order valence-corrected chi connectivity index (χ1v) is 6.66. The van der Waals surface area contributed by atoms with E-state index in [9.17, 15) is 9.18 Å². The number of anilines is 1. The maximum absolute atomic E-state index is 13.9. The predicted octanol–water partition coefficient (Wildman–Crippen LogP) is 3.63. The Labute approximate surface area is 123 Å². The van der Waals surface area contributed by atoms with Gasteiger partial charge in [-0.05, 0) is 37.1 Å². The van der Waals surface area contributed by atoms with E-state index in [-0.39, 0.29) is 5.69 Å². The summed E-state index contributed by atoms with van der Waals surface area (Å²) in [6.45, 7) is 3.59. The van der Waals surface area contributed by atoms with Crippen LogP contribution in [0.4, 0.5) is 10.1 Å². The number of carbonyl (C=O) groups excluding carboxylic acids is 1. The van der Waals surface area contributed by atoms with Crippen molar-refractivity contribution in [3.8, 4) is 0 Å². The second kappa shape index (κ2) is 5.95. The Morgan fingerprint density at radius 3 is 2.38 bits per heavy atom. The second-order valence-electron chi connectivity index (χ2n) is 5.04. The molecule has 1 unspecified atom stereocenters. The van der Waals surface area contributed by atoms with Crippen LogP contribution < -0.4 is 5.32 Å². The van der Waals surface area contributed by atoms with Crippen LogP contribution in [0.15, 0.2) is 48.5 Å². The lowest BCUT2D eigenvalue weighted by Crippen LogP contribution is -2.42. The van der Waals surface area contributed by atoms with Crippen molar-refractivity contribution in [2.45, 2.75) is 19.4 Å². The molecule has 0 heterocycles. The summed E-state index contributed by atoms with van der Waals surface area (Å²) in [5.74, 6) is -0.888. The molecular formula is C17H18FNO2. The van der Waals surface area contributed by atoms with Gasteiger partial charge >= 0.3 is 5.97 Å². The Bertz CT molecular complexity index is 657. The Balaban J connectivity index is 2.51. The Morgan fingerprint density at radius 2 is 1.76 bits per heavy atom. The van der Waals surface area contributed by atoms with Gasteiger partial charge in [0.05, 0.1) is 12.8 Å². The minimum absolute atomic E-state index is 0.258. The van der Waals surface area contributed by atoms with E-state index in [4.69, 9.17) is 4.74 Å². The second-order valence-corrected chi connectivity index (χ2v) is 5.04. The third kappa shape index (κ3) is 2.89. The lowest BCUT2D eigenvalue weighted by Gasteiger charge is -2.31. The zero-order valence-electron chi connectivity index (χ0n) is 12.3. The smallest absolute Gasteiger partial charge is 0.335 e. The lowest BCUT2D eigenvalue weighted by atomic mass is 9.88. The summed E-state index contributed by atoms with van der Waals surface area (Å²) in [4.78, 5) is 12.3. The summed E-state index contributed by atoms with van der Waals surface area (Å²) >= 11 is 0. The molecule has 0 fully saturated rings. The number of benzene rings is 2. The fourth-order valence-corrected chi connectivity index (χ4v) is 2.40. The predicted molar refractivity (Wildman–Crippen MR) is 80.6 cm³/mol. The van der Waals surface area contributed by atoms with Crippen molar-refractivity contribution in [3.63, 3.8) is 0 Å². The number of ether oxygens (including phenoxy) is 1. The van der Waals surface area contributed by atoms with Gasteiger partial charge in [0.2, 0.25) is 0 Å². The normalized spacial score (nSPS) is 13.3. The highest BCUT2D eigenvalue weighted by molar-refractivity contribution is 5.86. The fourth-order valence-electron chi connectivity index (χ4n) is 2.40. The molecule has 2 rings (SSSR count). The Kier molecular flexibility index (Phi) is 4.26. The number of rotatable bonds is 4. The number of hydrogen-bond acceptors (Lipinski definition) is 3. The van der Waals surface area contributed by atoms with Crippen LogP contribution in [0.3, 0.4) is 0 Å². The van der Waals surface area contributed by atoms with Gasteiger partial charge in [-0.2, -0.15) is 0 Å². The molecule has 2 aromatic rings. The largest absolute Gasteiger partial charge is 0.467 e. The number of para-hydroxylation sites is 1. The maximum atomic E-state index is 13.9. The average molecular weight is 287 g/mol. The zero-order chi connectivity index (χ0) is 15.5. The van der Waals surface area contributed by atoms with E-state index in [1.54, 1.807) is 25.1 Å². The van der Waals surface area contributed by atoms with Crippen molar-refractivity contribution >= 4 is 11.7 Å². The van der Waals surface area contributed by atoms with Gasteiger partial charge in [-0.3, -0.25) is 0 Å². The molecule has 0 aliphatic carbocycles. The minimum atomic E-state index is -1.16. The summed E-state index contributed by atoms with van der Waals surface area (Å²) in [5.41, 5.74) is 0.769. The molecular weight excluding hydrogens is 269 g/mol. The van der Waals surface area contributed by atoms with Crippen LogP contribution in [0.2, 0.25) is 0 Å². The number of carbonyl (C=O) groups is 1. The molecule has 1 atom stereocenters. The summed E-state index contributed by atoms with van der Waals surface area (Å²) in [7, 11) is 1.32. The van der Waals surface area contributed by atoms with Crippen LogP contribution in [0.5, 0.6) is 0 Å². The molecule has 2 aromatic carbocycles. The molecule has 3 nitrogen and oxygen atoms in total. The summed E-state index contributed by atoms with van der Waals surface area (Å²) in [6, 6.07) is 13.7. The van der Waals surface area contributed by atoms with E-state index in [1.165, 1.54) is 13.2 Å². The molecule has 110 valence electrons. The van der Waals surface area contributed by atoms with Crippen molar-refractivity contribution in [2.24, 2.45) is 0 Å². The molecule has 1 N–H and O–H groups in total. The topological polar surface area (TPSA) is 38.3 Å². The molecule has 0 aromatic heterocycles. The molecule has 4 heteroatoms. The number of aryl methyl sites for hydroxylation is 1. The summed E-state index contributed by atoms with van der Waals surface area (Å²) < 4.78 is 18.8. The van der Waals surface area contributed by atoms with Crippen LogP contribution in [-0.4, -0.2) is 13.1 Å². The third-order valence-corrected chi connectivity index (χ3v) is 3.54. The molecule has 0 radical (unpaired) electrons. The van der Waals surface area contributed by atoms with Gasteiger partial charge in [0.15, 0.2) is 5.54 Å². The van der Waals surface area contributed by atoms with Crippen LogP contribution in [0.25, 0.3) is 0 Å². The third-order valence-electron chi connectivity index (χ3n) is 3.54. The van der Waals surface area contributed by atoms with E-state index in [0.29, 0.717) is 0 Å². The SMILES string of the molecule is COC(=O)C(C)(Nc1ccccc1F)c1ccccc1C. The number of halogens is 1. The molecule has 0 saturated heterocycles. The van der Waals surface area contributed by atoms with E-state index in [2.05, 4.69) is 5.32 Å². The molecule has 0 spiro atoms. The lowest BCUT2D eigenvalue weighted by molar-refractivity contribution is -0.145. The Hall–Kier alpha value is -2.36. The molecule has 21 heavy (non-hydrogen) atoms. The number of methoxy groups -OCH3 is 1. The highest BCUT2D eigenvalue weighted by atomic mass is 19.1. The van der Waals surface area contributed by atoms with Gasteiger partial charge in [0.25, 0.3) is 0 Å². The Morgan fingerprint density at radius 1 is 1.14 bits per heavy atom. The van der Waals surface area contributed by atoms with Gasteiger partial charge in [0, 0.05) is 0 Å². The standard InChI is InChI=1S/C17H18FNO2/c1-12-8-4-5-9-13(12)17(2,16(20)21-3)19-15-11-7-6-10-14(15)18/h4-11,19H,1-3H3. The first-order chi connectivity index (χ1) is 9.99. The van der Waals surface area contributed by atoms with Gasteiger partial charge in [-0.25, -0.2) is 9.18 Å². The van der Waals surface area contributed by atoms with Crippen LogP contribution in [0.1, 0.15) is 18.1 Å². The first kappa shape index (κ1) is 15.0. The number of esters is 1. The molecule has 0 aliphatic rings. The quantitative estimate of drug-likeness (QED) is 0.873. The maximum Gasteiger partial charge on any atom is 0.335 e. The molecule has 0 amide bonds. The van der Waals surface area contributed by atoms with Crippen LogP contribution in [0, 0.1) is 12.7 Å². The molecule has 0 saturated carbocycles. The van der Waals surface area contributed by atoms with E-state index in [1.807, 2.05) is 31.2 Å². The van der Waals surface area contributed by atoms with Gasteiger partial charge in [0.1, 0.15) is 5.82 Å². The zero-order valence-corrected chi connectivity index (χ0v) is 12.3. The molecule has 0 bridgehead atoms. The molecule has 0 aliphatic heterocycles. The van der Waals surface area contributed by atoms with Crippen molar-refractivity contribution < 1.29 is 13.9 Å². The van der Waals surface area contributed by atoms with Crippen molar-refractivity contribution in [1.29, 1.82) is 0 Å². The highest BCUT2D eigenvalue weighted by Crippen LogP contribution is 2.30. The van der Waals surface area contributed by atoms with Gasteiger partial charge in [-0.15, -0.1) is 0 Å². The first-order valence-electron chi connectivity index (χ1n) is 6.66. The van der Waals surface area contributed by atoms with Crippen molar-refractivity contribution in [1.82, 2.24) is 0 Å². The van der Waals surface area contributed by atoms with Crippen LogP contribution >= 0.6 is 0 Å².